The molecule has 1 atom stereocenters. The Morgan fingerprint density at radius 3 is 2.72 bits per heavy atom. The topological polar surface area (TPSA) is 75.1 Å². The number of carbonyl (C=O) groups is 1. The van der Waals surface area contributed by atoms with Crippen LogP contribution in [0.1, 0.15) is 40.0 Å². The van der Waals surface area contributed by atoms with Gasteiger partial charge in [-0.2, -0.15) is 4.37 Å². The van der Waals surface area contributed by atoms with Crippen molar-refractivity contribution in [2.45, 2.75) is 40.0 Å². The molecule has 1 rings (SSSR count). The minimum Gasteiger partial charge on any atom is -0.481 e. The maximum absolute atomic E-state index is 10.7. The number of carboxylic acid groups (broad SMARTS) is 1. The Balaban J connectivity index is 2.38. The summed E-state index contributed by atoms with van der Waals surface area (Å²) in [6.07, 6.45) is 3.42. The van der Waals surface area contributed by atoms with E-state index < -0.39 is 5.97 Å². The van der Waals surface area contributed by atoms with Crippen molar-refractivity contribution in [2.75, 3.05) is 11.9 Å². The first-order valence-corrected chi connectivity index (χ1v) is 6.89. The van der Waals surface area contributed by atoms with E-state index in [0.29, 0.717) is 5.92 Å². The quantitative estimate of drug-likeness (QED) is 0.797. The SMILES string of the molecule is CC(C)(C)C(CCNc1ncns1)CCC(=O)O. The van der Waals surface area contributed by atoms with Crippen molar-refractivity contribution < 1.29 is 9.90 Å². The van der Waals surface area contributed by atoms with Gasteiger partial charge in [0, 0.05) is 24.5 Å². The predicted molar refractivity (Wildman–Crippen MR) is 72.8 cm³/mol. The second-order valence-electron chi connectivity index (χ2n) is 5.46. The van der Waals surface area contributed by atoms with Crippen molar-refractivity contribution in [3.05, 3.63) is 6.33 Å². The van der Waals surface area contributed by atoms with Gasteiger partial charge in [0.1, 0.15) is 6.33 Å². The summed E-state index contributed by atoms with van der Waals surface area (Å²) in [5.74, 6) is -0.338. The highest BCUT2D eigenvalue weighted by molar-refractivity contribution is 7.09. The zero-order chi connectivity index (χ0) is 13.6. The van der Waals surface area contributed by atoms with Crippen molar-refractivity contribution in [3.8, 4) is 0 Å². The first kappa shape index (κ1) is 14.9. The van der Waals surface area contributed by atoms with Crippen molar-refractivity contribution >= 4 is 22.6 Å². The molecule has 0 saturated carbocycles. The van der Waals surface area contributed by atoms with Crippen LogP contribution in [0.25, 0.3) is 0 Å². The predicted octanol–water partition coefficient (Wildman–Crippen LogP) is 2.87. The Morgan fingerprint density at radius 2 is 2.22 bits per heavy atom. The van der Waals surface area contributed by atoms with Crippen LogP contribution >= 0.6 is 11.5 Å². The van der Waals surface area contributed by atoms with Gasteiger partial charge in [-0.3, -0.25) is 4.79 Å². The summed E-state index contributed by atoms with van der Waals surface area (Å²) < 4.78 is 3.92. The highest BCUT2D eigenvalue weighted by Crippen LogP contribution is 2.32. The molecule has 0 fully saturated rings. The summed E-state index contributed by atoms with van der Waals surface area (Å²) in [5, 5.41) is 12.8. The molecule has 6 heteroatoms. The highest BCUT2D eigenvalue weighted by Gasteiger charge is 2.24. The smallest absolute Gasteiger partial charge is 0.303 e. The molecule has 0 aromatic carbocycles. The molecule has 0 aliphatic rings. The summed E-state index contributed by atoms with van der Waals surface area (Å²) in [7, 11) is 0. The molecule has 0 spiro atoms. The number of aromatic nitrogens is 2. The molecule has 1 aromatic rings. The van der Waals surface area contributed by atoms with E-state index in [9.17, 15) is 4.79 Å². The van der Waals surface area contributed by atoms with E-state index in [2.05, 4.69) is 35.4 Å². The summed E-state index contributed by atoms with van der Waals surface area (Å²) in [6.45, 7) is 7.27. The van der Waals surface area contributed by atoms with Crippen LogP contribution in [0.4, 0.5) is 5.13 Å². The van der Waals surface area contributed by atoms with Crippen LogP contribution in [0.3, 0.4) is 0 Å². The third kappa shape index (κ3) is 5.44. The molecular weight excluding hydrogens is 250 g/mol. The molecule has 18 heavy (non-hydrogen) atoms. The molecule has 5 nitrogen and oxygen atoms in total. The molecule has 0 amide bonds. The number of anilines is 1. The minimum atomic E-state index is -0.721. The number of nitrogens with zero attached hydrogens (tertiary/aromatic N) is 2. The van der Waals surface area contributed by atoms with Gasteiger partial charge in [-0.1, -0.05) is 20.8 Å². The van der Waals surface area contributed by atoms with Crippen LogP contribution in [0.5, 0.6) is 0 Å². The maximum atomic E-state index is 10.7. The molecule has 102 valence electrons. The fraction of sp³-hybridized carbons (Fsp3) is 0.750. The molecule has 2 N–H and O–H groups in total. The zero-order valence-electron chi connectivity index (χ0n) is 11.1. The number of hydrogen-bond donors (Lipinski definition) is 2. The zero-order valence-corrected chi connectivity index (χ0v) is 12.0. The first-order chi connectivity index (χ1) is 8.39. The van der Waals surface area contributed by atoms with Gasteiger partial charge >= 0.3 is 5.97 Å². The molecule has 1 unspecified atom stereocenters. The fourth-order valence-electron chi connectivity index (χ4n) is 1.91. The van der Waals surface area contributed by atoms with Crippen molar-refractivity contribution in [1.82, 2.24) is 9.36 Å². The summed E-state index contributed by atoms with van der Waals surface area (Å²) in [6, 6.07) is 0. The maximum Gasteiger partial charge on any atom is 0.303 e. The largest absolute Gasteiger partial charge is 0.481 e. The third-order valence-corrected chi connectivity index (χ3v) is 3.68. The lowest BCUT2D eigenvalue weighted by atomic mass is 9.76. The van der Waals surface area contributed by atoms with E-state index in [1.165, 1.54) is 17.9 Å². The number of carboxylic acids is 1. The van der Waals surface area contributed by atoms with Gasteiger partial charge in [0.05, 0.1) is 0 Å². The Kier molecular flexibility index (Phi) is 5.53. The monoisotopic (exact) mass is 271 g/mol. The molecule has 0 saturated heterocycles. The van der Waals surface area contributed by atoms with Crippen LogP contribution in [0.2, 0.25) is 0 Å². The Labute approximate surface area is 112 Å². The van der Waals surface area contributed by atoms with Gasteiger partial charge in [0.15, 0.2) is 0 Å². The molecule has 0 radical (unpaired) electrons. The van der Waals surface area contributed by atoms with Crippen molar-refractivity contribution in [3.63, 3.8) is 0 Å². The summed E-state index contributed by atoms with van der Waals surface area (Å²) in [4.78, 5) is 14.7. The van der Waals surface area contributed by atoms with Crippen LogP contribution in [0.15, 0.2) is 6.33 Å². The lowest BCUT2D eigenvalue weighted by molar-refractivity contribution is -0.137. The average molecular weight is 271 g/mol. The highest BCUT2D eigenvalue weighted by atomic mass is 32.1. The van der Waals surface area contributed by atoms with Crippen LogP contribution in [-0.4, -0.2) is 27.0 Å². The van der Waals surface area contributed by atoms with Crippen LogP contribution in [-0.2, 0) is 4.79 Å². The average Bonchev–Trinajstić information content (AvgIpc) is 2.73. The van der Waals surface area contributed by atoms with Crippen LogP contribution in [0, 0.1) is 11.3 Å². The normalized spacial score (nSPS) is 13.3. The molecule has 0 aliphatic heterocycles. The molecule has 0 aliphatic carbocycles. The second kappa shape index (κ2) is 6.68. The van der Waals surface area contributed by atoms with Gasteiger partial charge in [-0.05, 0) is 24.2 Å². The third-order valence-electron chi connectivity index (χ3n) is 3.06. The van der Waals surface area contributed by atoms with Gasteiger partial charge < -0.3 is 10.4 Å². The van der Waals surface area contributed by atoms with Gasteiger partial charge in [-0.15, -0.1) is 0 Å². The van der Waals surface area contributed by atoms with Crippen LogP contribution < -0.4 is 5.32 Å². The van der Waals surface area contributed by atoms with Crippen molar-refractivity contribution in [2.24, 2.45) is 11.3 Å². The molecular formula is C12H21N3O2S. The van der Waals surface area contributed by atoms with Gasteiger partial charge in [0.2, 0.25) is 5.13 Å². The summed E-state index contributed by atoms with van der Waals surface area (Å²) >= 11 is 1.33. The lowest BCUT2D eigenvalue weighted by Gasteiger charge is -2.30. The standard InChI is InChI=1S/C12H21N3O2S/c1-12(2,3)9(4-5-10(16)17)6-7-13-11-14-8-15-18-11/h8-9H,4-7H2,1-3H3,(H,16,17)(H,13,14,15). The number of aliphatic carboxylic acids is 1. The number of rotatable bonds is 7. The van der Waals surface area contributed by atoms with Gasteiger partial charge in [-0.25, -0.2) is 4.98 Å². The first-order valence-electron chi connectivity index (χ1n) is 6.12. The Bertz CT molecular complexity index is 360. The summed E-state index contributed by atoms with van der Waals surface area (Å²) in [5.41, 5.74) is 0.123. The van der Waals surface area contributed by atoms with Gasteiger partial charge in [0.25, 0.3) is 0 Å². The van der Waals surface area contributed by atoms with E-state index in [0.717, 1.165) is 24.5 Å². The number of hydrogen-bond acceptors (Lipinski definition) is 5. The second-order valence-corrected chi connectivity index (χ2v) is 6.24. The minimum absolute atomic E-state index is 0.123. The molecule has 1 aromatic heterocycles. The van der Waals surface area contributed by atoms with E-state index in [4.69, 9.17) is 5.11 Å². The molecule has 0 bridgehead atoms. The van der Waals surface area contributed by atoms with E-state index in [-0.39, 0.29) is 11.8 Å². The number of nitrogens with one attached hydrogen (secondary N) is 1. The Morgan fingerprint density at radius 1 is 1.50 bits per heavy atom. The van der Waals surface area contributed by atoms with Crippen molar-refractivity contribution in [1.29, 1.82) is 0 Å². The molecule has 1 heterocycles. The van der Waals surface area contributed by atoms with E-state index >= 15 is 0 Å². The van der Waals surface area contributed by atoms with E-state index in [1.54, 1.807) is 0 Å². The fourth-order valence-corrected chi connectivity index (χ4v) is 2.37. The lowest BCUT2D eigenvalue weighted by Crippen LogP contribution is -2.24. The Hall–Kier alpha value is -1.17. The van der Waals surface area contributed by atoms with E-state index in [1.807, 2.05) is 0 Å².